The van der Waals surface area contributed by atoms with E-state index in [-0.39, 0.29) is 15.7 Å². The third kappa shape index (κ3) is 4.17. The van der Waals surface area contributed by atoms with Crippen molar-refractivity contribution in [3.63, 3.8) is 0 Å². The number of aromatic amines is 1. The number of rotatable bonds is 5. The molecule has 0 fully saturated rings. The van der Waals surface area contributed by atoms with Crippen molar-refractivity contribution < 1.29 is 43.9 Å². The zero-order valence-electron chi connectivity index (χ0n) is 14.6. The van der Waals surface area contributed by atoms with Gasteiger partial charge in [-0.15, -0.1) is 0 Å². The van der Waals surface area contributed by atoms with E-state index in [4.69, 9.17) is 0 Å². The van der Waals surface area contributed by atoms with Crippen molar-refractivity contribution in [2.45, 2.75) is 42.5 Å². The minimum atomic E-state index is -5.14. The molecule has 2 aromatic rings. The van der Waals surface area contributed by atoms with Crippen molar-refractivity contribution in [3.8, 4) is 0 Å². The molecule has 0 spiro atoms. The zero-order valence-corrected chi connectivity index (χ0v) is 17.0. The van der Waals surface area contributed by atoms with E-state index in [2.05, 4.69) is 25.7 Å². The fourth-order valence-corrected chi connectivity index (χ4v) is 4.86. The van der Waals surface area contributed by atoms with Crippen LogP contribution in [0.2, 0.25) is 0 Å². The number of nitrogens with one attached hydrogen (secondary N) is 2. The molecule has 3 rings (SSSR count). The number of benzene rings is 1. The minimum absolute atomic E-state index is 0.0850. The highest BCUT2D eigenvalue weighted by molar-refractivity contribution is 9.10. The molecule has 30 heavy (non-hydrogen) atoms. The largest absolute Gasteiger partial charge is 0.418 e. The highest BCUT2D eigenvalue weighted by Crippen LogP contribution is 2.45. The number of anilines is 1. The first-order valence-corrected chi connectivity index (χ1v) is 10.4. The van der Waals surface area contributed by atoms with Gasteiger partial charge in [0.05, 0.1) is 10.2 Å². The van der Waals surface area contributed by atoms with Crippen LogP contribution in [-0.2, 0) is 27.6 Å². The molecule has 1 aromatic carbocycles. The van der Waals surface area contributed by atoms with Crippen LogP contribution in [0.4, 0.5) is 36.4 Å². The Balaban J connectivity index is 1.95. The monoisotopic (exact) mass is 524 g/mol. The third-order valence-corrected chi connectivity index (χ3v) is 6.70. The number of alkyl halides is 5. The Morgan fingerprint density at radius 3 is 2.47 bits per heavy atom. The molecule has 0 saturated heterocycles. The Kier molecular flexibility index (Phi) is 5.88. The van der Waals surface area contributed by atoms with E-state index < -0.39 is 69.9 Å². The predicted octanol–water partition coefficient (Wildman–Crippen LogP) is 4.89. The summed E-state index contributed by atoms with van der Waals surface area (Å²) in [4.78, 5) is 1.83. The van der Waals surface area contributed by atoms with E-state index in [0.717, 1.165) is 6.20 Å². The maximum absolute atomic E-state index is 14.0. The van der Waals surface area contributed by atoms with Gasteiger partial charge < -0.3 is 9.72 Å². The van der Waals surface area contributed by atoms with Crippen LogP contribution in [0.3, 0.4) is 0 Å². The zero-order chi connectivity index (χ0) is 22.5. The Labute approximate surface area is 173 Å². The van der Waals surface area contributed by atoms with Gasteiger partial charge in [0.25, 0.3) is 10.0 Å². The highest BCUT2D eigenvalue weighted by Gasteiger charge is 2.59. The third-order valence-electron chi connectivity index (χ3n) is 4.66. The Morgan fingerprint density at radius 1 is 1.20 bits per heavy atom. The van der Waals surface area contributed by atoms with Gasteiger partial charge in [0.2, 0.25) is 0 Å². The molecule has 1 heterocycles. The van der Waals surface area contributed by atoms with E-state index in [1.165, 1.54) is 0 Å². The average Bonchev–Trinajstić information content (AvgIpc) is 3.02. The molecule has 5 nitrogen and oxygen atoms in total. The van der Waals surface area contributed by atoms with Crippen molar-refractivity contribution >= 4 is 31.6 Å². The van der Waals surface area contributed by atoms with Crippen molar-refractivity contribution in [1.29, 1.82) is 0 Å². The van der Waals surface area contributed by atoms with Gasteiger partial charge in [0.15, 0.2) is 5.60 Å². The Hall–Kier alpha value is -1.80. The first-order chi connectivity index (χ1) is 13.8. The van der Waals surface area contributed by atoms with Crippen molar-refractivity contribution in [2.75, 3.05) is 4.72 Å². The summed E-state index contributed by atoms with van der Waals surface area (Å²) in [5.41, 5.74) is -4.25. The second kappa shape index (κ2) is 7.71. The molecule has 14 heteroatoms. The predicted molar refractivity (Wildman–Crippen MR) is 93.6 cm³/mol. The first kappa shape index (κ1) is 22.9. The van der Waals surface area contributed by atoms with Gasteiger partial charge in [0.1, 0.15) is 16.5 Å². The molecule has 1 atom stereocenters. The number of hydrogen-bond donors (Lipinski definition) is 2. The molecular weight excluding hydrogens is 513 g/mol. The second-order valence-corrected chi connectivity index (χ2v) is 9.01. The summed E-state index contributed by atoms with van der Waals surface area (Å²) in [6, 6.07) is 1.28. The second-order valence-electron chi connectivity index (χ2n) is 6.51. The summed E-state index contributed by atoms with van der Waals surface area (Å²) in [5, 5.41) is 0. The molecule has 0 saturated carbocycles. The number of ether oxygens (including phenoxy) is 1. The normalized spacial score (nSPS) is 19.8. The van der Waals surface area contributed by atoms with E-state index in [1.54, 1.807) is 0 Å². The fourth-order valence-electron chi connectivity index (χ4n) is 3.23. The lowest BCUT2D eigenvalue weighted by Gasteiger charge is -2.38. The van der Waals surface area contributed by atoms with Crippen LogP contribution in [0.5, 0.6) is 0 Å². The average molecular weight is 525 g/mol. The molecule has 0 amide bonds. The molecule has 0 radical (unpaired) electrons. The van der Waals surface area contributed by atoms with Crippen LogP contribution in [-0.4, -0.2) is 31.8 Å². The molecule has 1 aliphatic carbocycles. The Bertz CT molecular complexity index is 1070. The molecule has 0 unspecified atom stereocenters. The van der Waals surface area contributed by atoms with Crippen LogP contribution >= 0.6 is 15.9 Å². The van der Waals surface area contributed by atoms with E-state index in [9.17, 15) is 39.2 Å². The van der Waals surface area contributed by atoms with Gasteiger partial charge in [0, 0.05) is 24.4 Å². The number of sulfonamides is 1. The summed E-state index contributed by atoms with van der Waals surface area (Å²) in [7, 11) is -4.53. The van der Waals surface area contributed by atoms with Crippen LogP contribution in [0.1, 0.15) is 17.7 Å². The lowest BCUT2D eigenvalue weighted by atomic mass is 9.83. The van der Waals surface area contributed by atoms with Crippen molar-refractivity contribution in [2.24, 2.45) is 0 Å². The van der Waals surface area contributed by atoms with E-state index in [1.807, 2.05) is 4.72 Å². The first-order valence-electron chi connectivity index (χ1n) is 8.15. The Morgan fingerprint density at radius 2 is 1.87 bits per heavy atom. The number of hydrogen-bond acceptors (Lipinski definition) is 3. The summed E-state index contributed by atoms with van der Waals surface area (Å²) in [6.45, 7) is -3.69. The SMILES string of the molecule is O=S(=O)(Nc1cc(F)c(Br)cc1F)c1c[nH]c2c1CC[C@](OC(F)F)(C(F)(F)F)C2. The van der Waals surface area contributed by atoms with Crippen molar-refractivity contribution in [1.82, 2.24) is 4.98 Å². The summed E-state index contributed by atoms with van der Waals surface area (Å²) < 4.78 is 124. The van der Waals surface area contributed by atoms with Crippen LogP contribution in [0.25, 0.3) is 0 Å². The number of halogens is 8. The van der Waals surface area contributed by atoms with Gasteiger partial charge in [-0.2, -0.15) is 22.0 Å². The topological polar surface area (TPSA) is 71.2 Å². The fraction of sp³-hybridized carbons (Fsp3) is 0.375. The summed E-state index contributed by atoms with van der Waals surface area (Å²) in [6.07, 6.45) is -6.85. The summed E-state index contributed by atoms with van der Waals surface area (Å²) >= 11 is 2.74. The maximum atomic E-state index is 14.0. The van der Waals surface area contributed by atoms with Crippen LogP contribution in [0, 0.1) is 11.6 Å². The molecule has 0 bridgehead atoms. The quantitative estimate of drug-likeness (QED) is 0.432. The minimum Gasteiger partial charge on any atom is -0.363 e. The standard InChI is InChI=1S/C16H12BrF7N2O3S/c17-8-3-10(19)11(4-9(8)18)26-30(27,28)13-6-25-12-5-15(16(22,23)24,29-14(20)21)2-1-7(12)13/h3-4,6,14,25-26H,1-2,5H2/t15-/m1/s1. The molecule has 2 N–H and O–H groups in total. The van der Waals surface area contributed by atoms with Gasteiger partial charge in [-0.3, -0.25) is 4.72 Å². The van der Waals surface area contributed by atoms with Gasteiger partial charge in [-0.05, 0) is 40.4 Å². The van der Waals surface area contributed by atoms with E-state index in [0.29, 0.717) is 12.1 Å². The van der Waals surface area contributed by atoms with Crippen LogP contribution in [0.15, 0.2) is 27.7 Å². The van der Waals surface area contributed by atoms with Gasteiger partial charge in [-0.1, -0.05) is 0 Å². The molecular formula is C16H12BrF7N2O3S. The van der Waals surface area contributed by atoms with Gasteiger partial charge >= 0.3 is 12.8 Å². The molecule has 1 aliphatic rings. The maximum Gasteiger partial charge on any atom is 0.418 e. The van der Waals surface area contributed by atoms with Crippen LogP contribution < -0.4 is 4.72 Å². The van der Waals surface area contributed by atoms with Crippen molar-refractivity contribution in [3.05, 3.63) is 45.7 Å². The molecule has 1 aromatic heterocycles. The lowest BCUT2D eigenvalue weighted by molar-refractivity contribution is -0.330. The van der Waals surface area contributed by atoms with E-state index >= 15 is 0 Å². The number of H-pyrrole nitrogens is 1. The molecule has 166 valence electrons. The summed E-state index contributed by atoms with van der Waals surface area (Å²) in [5.74, 6) is -2.05. The smallest absolute Gasteiger partial charge is 0.363 e. The lowest BCUT2D eigenvalue weighted by Crippen LogP contribution is -2.52. The molecule has 0 aliphatic heterocycles. The number of fused-ring (bicyclic) bond motifs is 1. The highest BCUT2D eigenvalue weighted by atomic mass is 79.9. The van der Waals surface area contributed by atoms with Gasteiger partial charge in [-0.25, -0.2) is 17.2 Å². The number of aromatic nitrogens is 1.